The van der Waals surface area contributed by atoms with Crippen molar-refractivity contribution in [2.75, 3.05) is 24.6 Å². The van der Waals surface area contributed by atoms with Gasteiger partial charge in [0.1, 0.15) is 0 Å². The smallest absolute Gasteiger partial charge is 0.229 e. The number of para-hydroxylation sites is 1. The summed E-state index contributed by atoms with van der Waals surface area (Å²) in [5, 5.41) is 6.85. The molecule has 0 radical (unpaired) electrons. The van der Waals surface area contributed by atoms with Crippen LogP contribution in [0.4, 0.5) is 5.69 Å². The Balaban J connectivity index is 1.52. The zero-order valence-corrected chi connectivity index (χ0v) is 19.3. The van der Waals surface area contributed by atoms with Crippen molar-refractivity contribution in [2.45, 2.75) is 44.9 Å². The van der Waals surface area contributed by atoms with Crippen molar-refractivity contribution >= 4 is 21.7 Å². The molecule has 1 saturated heterocycles. The van der Waals surface area contributed by atoms with Gasteiger partial charge < -0.3 is 10.6 Å². The highest BCUT2D eigenvalue weighted by molar-refractivity contribution is 7.92. The van der Waals surface area contributed by atoms with Gasteiger partial charge in [0.15, 0.2) is 5.96 Å². The van der Waals surface area contributed by atoms with Gasteiger partial charge in [-0.2, -0.15) is 0 Å². The fourth-order valence-electron chi connectivity index (χ4n) is 3.95. The van der Waals surface area contributed by atoms with E-state index in [1.54, 1.807) is 13.1 Å². The van der Waals surface area contributed by atoms with Gasteiger partial charge in [-0.25, -0.2) is 8.42 Å². The number of rotatable bonds is 7. The predicted octanol–water partition coefficient (Wildman–Crippen LogP) is 2.78. The first-order chi connectivity index (χ1) is 14.8. The topological polar surface area (TPSA) is 85.8 Å². The van der Waals surface area contributed by atoms with E-state index in [1.165, 1.54) is 5.56 Å². The summed E-state index contributed by atoms with van der Waals surface area (Å²) in [7, 11) is -1.57. The van der Waals surface area contributed by atoms with E-state index in [0.29, 0.717) is 24.3 Å². The third kappa shape index (κ3) is 7.25. The zero-order chi connectivity index (χ0) is 22.3. The number of nitrogens with zero attached hydrogens (tertiary/aromatic N) is 2. The van der Waals surface area contributed by atoms with Crippen molar-refractivity contribution < 1.29 is 8.42 Å². The molecule has 0 aromatic heterocycles. The predicted molar refractivity (Wildman–Crippen MR) is 128 cm³/mol. The highest BCUT2D eigenvalue weighted by Crippen LogP contribution is 2.20. The van der Waals surface area contributed by atoms with Gasteiger partial charge in [-0.3, -0.25) is 14.6 Å². The second-order valence-corrected chi connectivity index (χ2v) is 9.88. The number of aliphatic imine (C=N–C) groups is 1. The van der Waals surface area contributed by atoms with E-state index in [9.17, 15) is 8.42 Å². The third-order valence-electron chi connectivity index (χ3n) is 5.57. The lowest BCUT2D eigenvalue weighted by atomic mass is 9.97. The minimum absolute atomic E-state index is 0.345. The molecule has 1 aliphatic heterocycles. The summed E-state index contributed by atoms with van der Waals surface area (Å²) in [4.78, 5) is 6.88. The Labute approximate surface area is 186 Å². The van der Waals surface area contributed by atoms with Crippen LogP contribution >= 0.6 is 0 Å². The second-order valence-electron chi connectivity index (χ2n) is 8.13. The van der Waals surface area contributed by atoms with E-state index < -0.39 is 10.0 Å². The standard InChI is InChI=1S/C23H33N5O2S/c1-18-15-21(13-14-28(18)17-19-9-5-4-6-10-19)26-23(24-2)25-16-20-11-7-8-12-22(20)27-31(3,29)30/h4-12,18,21,27H,13-17H2,1-3H3,(H2,24,25,26). The molecule has 0 aliphatic carbocycles. The van der Waals surface area contributed by atoms with Crippen molar-refractivity contribution in [1.82, 2.24) is 15.5 Å². The highest BCUT2D eigenvalue weighted by atomic mass is 32.2. The molecule has 2 aromatic rings. The Morgan fingerprint density at radius 1 is 1.13 bits per heavy atom. The summed E-state index contributed by atoms with van der Waals surface area (Å²) in [5.74, 6) is 0.725. The van der Waals surface area contributed by atoms with Crippen molar-refractivity contribution in [3.63, 3.8) is 0 Å². The Bertz CT molecular complexity index is 978. The van der Waals surface area contributed by atoms with Crippen LogP contribution in [0.5, 0.6) is 0 Å². The van der Waals surface area contributed by atoms with Crippen LogP contribution in [0.15, 0.2) is 59.6 Å². The molecular weight excluding hydrogens is 410 g/mol. The quantitative estimate of drug-likeness (QED) is 0.453. The van der Waals surface area contributed by atoms with Crippen LogP contribution in [0.25, 0.3) is 0 Å². The molecule has 1 aliphatic rings. The van der Waals surface area contributed by atoms with E-state index >= 15 is 0 Å². The number of anilines is 1. The van der Waals surface area contributed by atoms with Crippen LogP contribution in [0.3, 0.4) is 0 Å². The molecule has 0 spiro atoms. The molecule has 1 heterocycles. The van der Waals surface area contributed by atoms with Gasteiger partial charge in [0, 0.05) is 38.8 Å². The minimum atomic E-state index is -3.33. The van der Waals surface area contributed by atoms with Gasteiger partial charge in [-0.1, -0.05) is 48.5 Å². The molecule has 8 heteroatoms. The molecule has 7 nitrogen and oxygen atoms in total. The maximum absolute atomic E-state index is 11.6. The van der Waals surface area contributed by atoms with Gasteiger partial charge in [0.2, 0.25) is 10.0 Å². The molecule has 3 rings (SSSR count). The van der Waals surface area contributed by atoms with Crippen molar-refractivity contribution in [2.24, 2.45) is 4.99 Å². The number of benzene rings is 2. The Kier molecular flexibility index (Phi) is 7.92. The normalized spacial score (nSPS) is 20.3. The number of nitrogens with one attached hydrogen (secondary N) is 3. The van der Waals surface area contributed by atoms with E-state index in [-0.39, 0.29) is 0 Å². The molecule has 2 atom stereocenters. The summed E-state index contributed by atoms with van der Waals surface area (Å²) >= 11 is 0. The van der Waals surface area contributed by atoms with Crippen molar-refractivity contribution in [1.29, 1.82) is 0 Å². The minimum Gasteiger partial charge on any atom is -0.354 e. The van der Waals surface area contributed by atoms with Crippen LogP contribution < -0.4 is 15.4 Å². The zero-order valence-electron chi connectivity index (χ0n) is 18.5. The maximum atomic E-state index is 11.6. The van der Waals surface area contributed by atoms with Gasteiger partial charge in [0.05, 0.1) is 11.9 Å². The monoisotopic (exact) mass is 443 g/mol. The van der Waals surface area contributed by atoms with Crippen LogP contribution in [-0.2, 0) is 23.1 Å². The van der Waals surface area contributed by atoms with Gasteiger partial charge in [0.25, 0.3) is 0 Å². The summed E-state index contributed by atoms with van der Waals surface area (Å²) in [6.45, 7) is 4.76. The van der Waals surface area contributed by atoms with Gasteiger partial charge in [-0.15, -0.1) is 0 Å². The Morgan fingerprint density at radius 3 is 2.52 bits per heavy atom. The van der Waals surface area contributed by atoms with Crippen LogP contribution in [0.1, 0.15) is 30.9 Å². The first-order valence-corrected chi connectivity index (χ1v) is 12.5. The van der Waals surface area contributed by atoms with Gasteiger partial charge >= 0.3 is 0 Å². The summed E-state index contributed by atoms with van der Waals surface area (Å²) in [6, 6.07) is 18.8. The van der Waals surface area contributed by atoms with E-state index in [2.05, 4.69) is 62.5 Å². The number of sulfonamides is 1. The number of likely N-dealkylation sites (tertiary alicyclic amines) is 1. The third-order valence-corrected chi connectivity index (χ3v) is 6.16. The fraction of sp³-hybridized carbons (Fsp3) is 0.435. The maximum Gasteiger partial charge on any atom is 0.229 e. The molecule has 2 unspecified atom stereocenters. The first-order valence-electron chi connectivity index (χ1n) is 10.6. The second kappa shape index (κ2) is 10.6. The largest absolute Gasteiger partial charge is 0.354 e. The molecule has 168 valence electrons. The van der Waals surface area contributed by atoms with Crippen molar-refractivity contribution in [3.05, 3.63) is 65.7 Å². The molecule has 0 amide bonds. The Morgan fingerprint density at radius 2 is 1.84 bits per heavy atom. The SMILES string of the molecule is CN=C(NCc1ccccc1NS(C)(=O)=O)NC1CCN(Cc2ccccc2)C(C)C1. The molecular formula is C23H33N5O2S. The summed E-state index contributed by atoms with van der Waals surface area (Å²) < 4.78 is 25.8. The summed E-state index contributed by atoms with van der Waals surface area (Å²) in [5.41, 5.74) is 2.79. The van der Waals surface area contributed by atoms with Crippen LogP contribution in [0, 0.1) is 0 Å². The molecule has 2 aromatic carbocycles. The number of hydrogen-bond acceptors (Lipinski definition) is 4. The Hall–Kier alpha value is -2.58. The number of guanidine groups is 1. The van der Waals surface area contributed by atoms with E-state index in [0.717, 1.165) is 43.7 Å². The van der Waals surface area contributed by atoms with E-state index in [4.69, 9.17) is 0 Å². The highest BCUT2D eigenvalue weighted by Gasteiger charge is 2.26. The van der Waals surface area contributed by atoms with Gasteiger partial charge in [-0.05, 0) is 37.0 Å². The molecule has 31 heavy (non-hydrogen) atoms. The lowest BCUT2D eigenvalue weighted by Crippen LogP contribution is -2.51. The lowest BCUT2D eigenvalue weighted by molar-refractivity contribution is 0.134. The molecule has 0 saturated carbocycles. The van der Waals surface area contributed by atoms with E-state index in [1.807, 2.05) is 18.2 Å². The average Bonchev–Trinajstić information content (AvgIpc) is 2.73. The fourth-order valence-corrected chi connectivity index (χ4v) is 4.54. The number of hydrogen-bond donors (Lipinski definition) is 3. The number of piperidine rings is 1. The van der Waals surface area contributed by atoms with Crippen molar-refractivity contribution in [3.8, 4) is 0 Å². The first kappa shape index (κ1) is 23.1. The summed E-state index contributed by atoms with van der Waals surface area (Å²) in [6.07, 6.45) is 3.24. The molecule has 0 bridgehead atoms. The molecule has 1 fully saturated rings. The molecule has 3 N–H and O–H groups in total. The average molecular weight is 444 g/mol. The van der Waals surface area contributed by atoms with Crippen LogP contribution in [0.2, 0.25) is 0 Å². The van der Waals surface area contributed by atoms with Crippen LogP contribution in [-0.4, -0.2) is 51.2 Å². The lowest BCUT2D eigenvalue weighted by Gasteiger charge is -2.38.